The van der Waals surface area contributed by atoms with E-state index in [4.69, 9.17) is 5.73 Å². The largest absolute Gasteiger partial charge is 0.357 e. The third-order valence-corrected chi connectivity index (χ3v) is 3.30. The van der Waals surface area contributed by atoms with E-state index in [0.29, 0.717) is 0 Å². The smallest absolute Gasteiger partial charge is 0.130 e. The average molecular weight is 252 g/mol. The van der Waals surface area contributed by atoms with Gasteiger partial charge in [-0.1, -0.05) is 13.3 Å². The van der Waals surface area contributed by atoms with Crippen molar-refractivity contribution < 1.29 is 0 Å². The van der Waals surface area contributed by atoms with Crippen LogP contribution in [0.4, 0.5) is 5.82 Å². The summed E-state index contributed by atoms with van der Waals surface area (Å²) in [7, 11) is 2.03. The van der Waals surface area contributed by atoms with Gasteiger partial charge < -0.3 is 10.6 Å². The van der Waals surface area contributed by atoms with Gasteiger partial charge >= 0.3 is 0 Å². The highest BCUT2D eigenvalue weighted by molar-refractivity contribution is 5.50. The van der Waals surface area contributed by atoms with Crippen molar-refractivity contribution in [1.29, 1.82) is 0 Å². The fraction of sp³-hybridized carbons (Fsp3) is 0.786. The molecule has 1 unspecified atom stereocenters. The molecule has 4 nitrogen and oxygen atoms in total. The van der Waals surface area contributed by atoms with Crippen LogP contribution in [0.5, 0.6) is 0 Å². The van der Waals surface area contributed by atoms with E-state index in [-0.39, 0.29) is 6.04 Å². The summed E-state index contributed by atoms with van der Waals surface area (Å²) >= 11 is 0. The fourth-order valence-corrected chi connectivity index (χ4v) is 2.41. The number of hydrogen-bond donors (Lipinski definition) is 1. The number of nitrogens with zero attached hydrogens (tertiary/aromatic N) is 3. The highest BCUT2D eigenvalue weighted by Crippen LogP contribution is 2.24. The zero-order valence-electron chi connectivity index (χ0n) is 12.5. The molecule has 0 aliphatic heterocycles. The van der Waals surface area contributed by atoms with Gasteiger partial charge in [-0.2, -0.15) is 5.10 Å². The molecule has 0 aliphatic carbocycles. The molecule has 1 aromatic rings. The minimum Gasteiger partial charge on any atom is -0.357 e. The van der Waals surface area contributed by atoms with Crippen molar-refractivity contribution in [3.05, 3.63) is 11.3 Å². The summed E-state index contributed by atoms with van der Waals surface area (Å²) in [5, 5.41) is 4.56. The third kappa shape index (κ3) is 3.48. The number of unbranched alkanes of at least 4 members (excludes halogenated alkanes) is 1. The Hall–Kier alpha value is -1.03. The van der Waals surface area contributed by atoms with E-state index >= 15 is 0 Å². The Balaban J connectivity index is 3.03. The lowest BCUT2D eigenvalue weighted by Gasteiger charge is -2.24. The van der Waals surface area contributed by atoms with Gasteiger partial charge in [0.25, 0.3) is 0 Å². The monoisotopic (exact) mass is 252 g/mol. The molecule has 0 saturated carbocycles. The molecule has 0 aromatic carbocycles. The summed E-state index contributed by atoms with van der Waals surface area (Å²) in [4.78, 5) is 2.42. The second-order valence-electron chi connectivity index (χ2n) is 5.13. The highest BCUT2D eigenvalue weighted by atomic mass is 15.4. The standard InChI is InChI=1S/C14H28N4/c1-6-8-9-18(7-2)14-13(10-11(3)15)12(4)16-17(14)5/h11H,6-10,15H2,1-5H3. The van der Waals surface area contributed by atoms with Crippen LogP contribution < -0.4 is 10.6 Å². The minimum atomic E-state index is 0.177. The van der Waals surface area contributed by atoms with Gasteiger partial charge in [0, 0.05) is 31.7 Å². The SMILES string of the molecule is CCCCN(CC)c1c(CC(C)N)c(C)nn1C. The van der Waals surface area contributed by atoms with Crippen LogP contribution in [0.15, 0.2) is 0 Å². The maximum absolute atomic E-state index is 5.96. The molecule has 1 rings (SSSR count). The number of rotatable bonds is 7. The first-order chi connectivity index (χ1) is 8.51. The second-order valence-corrected chi connectivity index (χ2v) is 5.13. The third-order valence-electron chi connectivity index (χ3n) is 3.30. The minimum absolute atomic E-state index is 0.177. The average Bonchev–Trinajstić information content (AvgIpc) is 2.56. The Morgan fingerprint density at radius 1 is 1.39 bits per heavy atom. The van der Waals surface area contributed by atoms with Gasteiger partial charge in [0.1, 0.15) is 5.82 Å². The van der Waals surface area contributed by atoms with Crippen molar-refractivity contribution in [2.75, 3.05) is 18.0 Å². The lowest BCUT2D eigenvalue weighted by Crippen LogP contribution is -2.28. The Morgan fingerprint density at radius 2 is 2.06 bits per heavy atom. The van der Waals surface area contributed by atoms with Crippen LogP contribution >= 0.6 is 0 Å². The molecule has 0 aliphatic rings. The van der Waals surface area contributed by atoms with Gasteiger partial charge in [-0.25, -0.2) is 0 Å². The molecule has 0 amide bonds. The number of aromatic nitrogens is 2. The maximum atomic E-state index is 5.96. The van der Waals surface area contributed by atoms with Crippen molar-refractivity contribution in [3.8, 4) is 0 Å². The normalized spacial score (nSPS) is 12.8. The Morgan fingerprint density at radius 3 is 2.56 bits per heavy atom. The van der Waals surface area contributed by atoms with Gasteiger partial charge in [0.15, 0.2) is 0 Å². The van der Waals surface area contributed by atoms with E-state index in [9.17, 15) is 0 Å². The van der Waals surface area contributed by atoms with E-state index in [1.54, 1.807) is 0 Å². The molecule has 1 heterocycles. The summed E-state index contributed by atoms with van der Waals surface area (Å²) in [6, 6.07) is 0.177. The molecule has 0 fully saturated rings. The summed E-state index contributed by atoms with van der Waals surface area (Å²) in [6.45, 7) is 10.7. The predicted molar refractivity (Wildman–Crippen MR) is 78.1 cm³/mol. The van der Waals surface area contributed by atoms with Gasteiger partial charge in [-0.3, -0.25) is 4.68 Å². The molecule has 1 aromatic heterocycles. The molecule has 0 saturated heterocycles. The first kappa shape index (κ1) is 15.0. The molecule has 18 heavy (non-hydrogen) atoms. The number of anilines is 1. The lowest BCUT2D eigenvalue weighted by atomic mass is 10.1. The Labute approximate surface area is 111 Å². The zero-order chi connectivity index (χ0) is 13.7. The van der Waals surface area contributed by atoms with Crippen LogP contribution in [0.1, 0.15) is 44.9 Å². The summed E-state index contributed by atoms with van der Waals surface area (Å²) in [5.41, 5.74) is 8.38. The van der Waals surface area contributed by atoms with Crippen LogP contribution in [-0.4, -0.2) is 28.9 Å². The van der Waals surface area contributed by atoms with Gasteiger partial charge in [-0.05, 0) is 33.6 Å². The number of aryl methyl sites for hydroxylation is 2. The lowest BCUT2D eigenvalue weighted by molar-refractivity contribution is 0.670. The topological polar surface area (TPSA) is 47.1 Å². The van der Waals surface area contributed by atoms with Gasteiger partial charge in [0.05, 0.1) is 5.69 Å². The molecule has 0 radical (unpaired) electrons. The zero-order valence-corrected chi connectivity index (χ0v) is 12.5. The van der Waals surface area contributed by atoms with Crippen molar-refractivity contribution in [2.45, 2.75) is 53.0 Å². The molecule has 1 atom stereocenters. The Kier molecular flexibility index (Phi) is 5.66. The van der Waals surface area contributed by atoms with Crippen LogP contribution in [0.25, 0.3) is 0 Å². The Bertz CT molecular complexity index is 368. The summed E-state index contributed by atoms with van der Waals surface area (Å²) < 4.78 is 2.01. The fourth-order valence-electron chi connectivity index (χ4n) is 2.41. The molecule has 104 valence electrons. The molecule has 0 spiro atoms. The van der Waals surface area contributed by atoms with E-state index in [1.807, 2.05) is 11.7 Å². The van der Waals surface area contributed by atoms with Gasteiger partial charge in [0.2, 0.25) is 0 Å². The second kappa shape index (κ2) is 6.78. The van der Waals surface area contributed by atoms with Crippen LogP contribution in [0.2, 0.25) is 0 Å². The quantitative estimate of drug-likeness (QED) is 0.809. The number of hydrogen-bond acceptors (Lipinski definition) is 3. The van der Waals surface area contributed by atoms with Crippen molar-refractivity contribution >= 4 is 5.82 Å². The van der Waals surface area contributed by atoms with Crippen molar-refractivity contribution in [1.82, 2.24) is 9.78 Å². The maximum Gasteiger partial charge on any atom is 0.130 e. The van der Waals surface area contributed by atoms with Crippen molar-refractivity contribution in [3.63, 3.8) is 0 Å². The first-order valence-electron chi connectivity index (χ1n) is 7.04. The molecular formula is C14H28N4. The van der Waals surface area contributed by atoms with Crippen LogP contribution in [0, 0.1) is 6.92 Å². The van der Waals surface area contributed by atoms with Crippen LogP contribution in [-0.2, 0) is 13.5 Å². The molecule has 2 N–H and O–H groups in total. The van der Waals surface area contributed by atoms with E-state index in [1.165, 1.54) is 24.2 Å². The summed E-state index contributed by atoms with van der Waals surface area (Å²) in [6.07, 6.45) is 3.34. The molecular weight excluding hydrogens is 224 g/mol. The van der Waals surface area contributed by atoms with E-state index in [2.05, 4.69) is 37.7 Å². The van der Waals surface area contributed by atoms with E-state index in [0.717, 1.165) is 25.2 Å². The van der Waals surface area contributed by atoms with E-state index < -0.39 is 0 Å². The van der Waals surface area contributed by atoms with Gasteiger partial charge in [-0.15, -0.1) is 0 Å². The summed E-state index contributed by atoms with van der Waals surface area (Å²) in [5.74, 6) is 1.25. The molecule has 0 bridgehead atoms. The first-order valence-corrected chi connectivity index (χ1v) is 7.04. The van der Waals surface area contributed by atoms with Crippen molar-refractivity contribution in [2.24, 2.45) is 12.8 Å². The predicted octanol–water partition coefficient (Wildman–Crippen LogP) is 2.24. The van der Waals surface area contributed by atoms with Crippen LogP contribution in [0.3, 0.4) is 0 Å². The highest BCUT2D eigenvalue weighted by Gasteiger charge is 2.18. The number of nitrogens with two attached hydrogens (primary N) is 1. The molecule has 4 heteroatoms.